The summed E-state index contributed by atoms with van der Waals surface area (Å²) in [5.74, 6) is -0.260. The molecule has 36 heavy (non-hydrogen) atoms. The smallest absolute Gasteiger partial charge is 0.225 e. The van der Waals surface area contributed by atoms with Crippen molar-refractivity contribution in [2.75, 3.05) is 13.1 Å². The Morgan fingerprint density at radius 2 is 1.94 bits per heavy atom. The number of aromatic nitrogens is 1. The van der Waals surface area contributed by atoms with E-state index in [-0.39, 0.29) is 45.6 Å². The van der Waals surface area contributed by atoms with Gasteiger partial charge in [-0.25, -0.2) is 13.4 Å². The van der Waals surface area contributed by atoms with Crippen LogP contribution < -0.4 is 0 Å². The molecule has 5 rings (SSSR count). The summed E-state index contributed by atoms with van der Waals surface area (Å²) in [6, 6.07) is 6.24. The predicted octanol–water partition coefficient (Wildman–Crippen LogP) is 5.08. The Hall–Kier alpha value is -1.48. The first kappa shape index (κ1) is 26.1. The first-order valence-corrected chi connectivity index (χ1v) is 15.8. The zero-order valence-corrected chi connectivity index (χ0v) is 23.5. The van der Waals surface area contributed by atoms with Gasteiger partial charge in [-0.15, -0.1) is 11.3 Å². The van der Waals surface area contributed by atoms with Crippen LogP contribution in [-0.4, -0.2) is 48.5 Å². The van der Waals surface area contributed by atoms with Gasteiger partial charge in [0.1, 0.15) is 10.8 Å². The van der Waals surface area contributed by atoms with Crippen LogP contribution in [0.3, 0.4) is 0 Å². The van der Waals surface area contributed by atoms with Crippen LogP contribution in [0.4, 0.5) is 0 Å². The molecule has 1 aliphatic heterocycles. The molecule has 3 aliphatic rings. The number of likely N-dealkylation sites (tertiary alicyclic amines) is 1. The van der Waals surface area contributed by atoms with E-state index in [0.29, 0.717) is 10.0 Å². The number of benzene rings is 1. The first-order valence-electron chi connectivity index (χ1n) is 12.9. The lowest BCUT2D eigenvalue weighted by atomic mass is 9.53. The molecule has 6 nitrogen and oxygen atoms in total. The largest absolute Gasteiger partial charge is 0.392 e. The fourth-order valence-corrected chi connectivity index (χ4v) is 10.1. The molecule has 9 heteroatoms. The summed E-state index contributed by atoms with van der Waals surface area (Å²) in [5, 5.41) is 12.7. The van der Waals surface area contributed by atoms with Crippen molar-refractivity contribution in [3.63, 3.8) is 0 Å². The minimum atomic E-state index is -3.54. The van der Waals surface area contributed by atoms with Crippen molar-refractivity contribution in [1.29, 1.82) is 0 Å². The third-order valence-electron chi connectivity index (χ3n) is 8.90. The van der Waals surface area contributed by atoms with E-state index >= 15 is 0 Å². The first-order chi connectivity index (χ1) is 17.0. The van der Waals surface area contributed by atoms with Gasteiger partial charge in [-0.2, -0.15) is 0 Å². The number of hydrogen-bond acceptors (Lipinski definition) is 6. The highest BCUT2D eigenvalue weighted by Crippen LogP contribution is 2.57. The fourth-order valence-electron chi connectivity index (χ4n) is 6.96. The van der Waals surface area contributed by atoms with Crippen molar-refractivity contribution in [2.24, 2.45) is 23.2 Å². The average molecular weight is 551 g/mol. The molecule has 1 N–H and O–H groups in total. The van der Waals surface area contributed by atoms with E-state index in [1.165, 1.54) is 23.5 Å². The number of fused-ring (bicyclic) bond motifs is 2. The Kier molecular flexibility index (Phi) is 7.03. The van der Waals surface area contributed by atoms with Gasteiger partial charge in [-0.05, 0) is 73.6 Å². The van der Waals surface area contributed by atoms with Gasteiger partial charge in [0, 0.05) is 34.8 Å². The maximum atomic E-state index is 13.1. The van der Waals surface area contributed by atoms with E-state index < -0.39 is 15.9 Å². The maximum absolute atomic E-state index is 13.1. The van der Waals surface area contributed by atoms with Crippen molar-refractivity contribution >= 4 is 38.7 Å². The molecule has 1 aromatic heterocycles. The second-order valence-electron chi connectivity index (χ2n) is 11.3. The number of carbonyl (C=O) groups is 1. The van der Waals surface area contributed by atoms with Crippen LogP contribution in [-0.2, 0) is 26.8 Å². The number of aliphatic hydroxyl groups is 1. The molecule has 2 heterocycles. The predicted molar refractivity (Wildman–Crippen MR) is 142 cm³/mol. The molecule has 2 fully saturated rings. The number of carbonyl (C=O) groups excluding carboxylic acids is 1. The average Bonchev–Trinajstić information content (AvgIpc) is 3.48. The summed E-state index contributed by atoms with van der Waals surface area (Å²) in [5.41, 5.74) is 0.819. The Morgan fingerprint density at radius 1 is 1.28 bits per heavy atom. The molecule has 1 aromatic carbocycles. The summed E-state index contributed by atoms with van der Waals surface area (Å²) in [7, 11) is -3.54. The van der Waals surface area contributed by atoms with Crippen LogP contribution in [0.1, 0.15) is 68.0 Å². The lowest BCUT2D eigenvalue weighted by Gasteiger charge is -2.53. The highest BCUT2D eigenvalue weighted by atomic mass is 35.5. The lowest BCUT2D eigenvalue weighted by Crippen LogP contribution is -2.53. The van der Waals surface area contributed by atoms with Crippen LogP contribution in [0.5, 0.6) is 0 Å². The fraction of sp³-hybridized carbons (Fsp3) is 0.630. The Balaban J connectivity index is 1.37. The summed E-state index contributed by atoms with van der Waals surface area (Å²) in [4.78, 5) is 21.3. The molecule has 1 saturated heterocycles. The van der Waals surface area contributed by atoms with Gasteiger partial charge < -0.3 is 10.0 Å². The lowest BCUT2D eigenvalue weighted by molar-refractivity contribution is -0.143. The van der Waals surface area contributed by atoms with Crippen molar-refractivity contribution in [1.82, 2.24) is 9.88 Å². The number of rotatable bonds is 5. The summed E-state index contributed by atoms with van der Waals surface area (Å²) < 4.78 is 26.0. The molecular formula is C27H35ClN2O4S2. The third kappa shape index (κ3) is 4.63. The van der Waals surface area contributed by atoms with Crippen LogP contribution in [0.2, 0.25) is 5.02 Å². The highest BCUT2D eigenvalue weighted by molar-refractivity contribution is 7.90. The molecule has 0 radical (unpaired) electrons. The zero-order chi connectivity index (χ0) is 25.8. The molecule has 6 unspecified atom stereocenters. The minimum Gasteiger partial charge on any atom is -0.392 e. The number of hydrogen-bond donors (Lipinski definition) is 1. The summed E-state index contributed by atoms with van der Waals surface area (Å²) in [6.07, 6.45) is 4.09. The molecule has 2 aromatic rings. The van der Waals surface area contributed by atoms with Gasteiger partial charge in [0.05, 0.1) is 16.7 Å². The van der Waals surface area contributed by atoms with E-state index in [4.69, 9.17) is 16.6 Å². The van der Waals surface area contributed by atoms with Crippen LogP contribution in [0, 0.1) is 23.2 Å². The molecule has 0 bridgehead atoms. The van der Waals surface area contributed by atoms with Crippen LogP contribution in [0.15, 0.2) is 29.2 Å². The van der Waals surface area contributed by atoms with Crippen LogP contribution in [0.25, 0.3) is 0 Å². The maximum Gasteiger partial charge on any atom is 0.225 e. The molecule has 0 spiro atoms. The number of nitrogens with zero attached hydrogens (tertiary/aromatic N) is 2. The normalized spacial score (nSPS) is 31.1. The Morgan fingerprint density at radius 3 is 2.61 bits per heavy atom. The second-order valence-corrected chi connectivity index (χ2v) is 14.9. The molecule has 6 atom stereocenters. The Bertz CT molecular complexity index is 1240. The van der Waals surface area contributed by atoms with Gasteiger partial charge in [-0.1, -0.05) is 32.4 Å². The van der Waals surface area contributed by atoms with E-state index in [1.54, 1.807) is 12.1 Å². The molecule has 1 saturated carbocycles. The van der Waals surface area contributed by atoms with E-state index in [9.17, 15) is 18.3 Å². The summed E-state index contributed by atoms with van der Waals surface area (Å²) >= 11 is 7.41. The molecule has 2 aliphatic carbocycles. The van der Waals surface area contributed by atoms with Crippen molar-refractivity contribution in [3.8, 4) is 0 Å². The van der Waals surface area contributed by atoms with Crippen LogP contribution >= 0.6 is 22.9 Å². The van der Waals surface area contributed by atoms with E-state index in [0.717, 1.165) is 55.8 Å². The van der Waals surface area contributed by atoms with Gasteiger partial charge in [0.2, 0.25) is 5.91 Å². The monoisotopic (exact) mass is 550 g/mol. The van der Waals surface area contributed by atoms with Gasteiger partial charge in [0.25, 0.3) is 0 Å². The zero-order valence-electron chi connectivity index (χ0n) is 21.1. The number of thiazole rings is 1. The number of aliphatic hydroxyl groups excluding tert-OH is 1. The standard InChI is InChI=1S/C27H35ClN2O4S2/c1-16(26(32)30-12-4-5-13-30)20-10-11-27(3)14-21-24(17(2)23(27)25(20)31)29-22(35-21)15-36(33,34)19-8-6-18(28)7-9-19/h6-9,16-17,20,23,25,31H,4-5,10-15H2,1-3H3. The summed E-state index contributed by atoms with van der Waals surface area (Å²) in [6.45, 7) is 7.99. The van der Waals surface area contributed by atoms with Gasteiger partial charge in [0.15, 0.2) is 9.84 Å². The SMILES string of the molecule is CC(C(=O)N1CCCC1)C1CCC2(C)Cc3sc(CS(=O)(=O)c4ccc(Cl)cc4)nc3C(C)C2C1O. The van der Waals surface area contributed by atoms with Crippen molar-refractivity contribution in [3.05, 3.63) is 44.9 Å². The Labute approximate surface area is 223 Å². The molecule has 1 amide bonds. The van der Waals surface area contributed by atoms with E-state index in [2.05, 4.69) is 13.8 Å². The second kappa shape index (κ2) is 9.68. The number of sulfone groups is 1. The van der Waals surface area contributed by atoms with Crippen molar-refractivity contribution in [2.45, 2.75) is 75.5 Å². The van der Waals surface area contributed by atoms with Gasteiger partial charge >= 0.3 is 0 Å². The topological polar surface area (TPSA) is 87.6 Å². The van der Waals surface area contributed by atoms with Crippen molar-refractivity contribution < 1.29 is 18.3 Å². The third-order valence-corrected chi connectivity index (χ3v) is 12.1. The number of amides is 1. The van der Waals surface area contributed by atoms with Gasteiger partial charge in [-0.3, -0.25) is 4.79 Å². The molecule has 196 valence electrons. The highest BCUT2D eigenvalue weighted by Gasteiger charge is 2.54. The number of halogens is 1. The quantitative estimate of drug-likeness (QED) is 0.561. The minimum absolute atomic E-state index is 0.00567. The molecular weight excluding hydrogens is 516 g/mol. The van der Waals surface area contributed by atoms with E-state index in [1.807, 2.05) is 11.8 Å².